The van der Waals surface area contributed by atoms with Crippen LogP contribution >= 0.6 is 11.6 Å². The lowest BCUT2D eigenvalue weighted by atomic mass is 9.89. The molecule has 3 rings (SSSR count). The van der Waals surface area contributed by atoms with E-state index in [1.165, 1.54) is 0 Å². The Morgan fingerprint density at radius 3 is 2.71 bits per heavy atom. The predicted molar refractivity (Wildman–Crippen MR) is 69.6 cm³/mol. The fraction of sp³-hybridized carbons (Fsp3) is 0.357. The van der Waals surface area contributed by atoms with Gasteiger partial charge in [0.1, 0.15) is 0 Å². The van der Waals surface area contributed by atoms with E-state index in [0.29, 0.717) is 12.0 Å². The maximum Gasteiger partial charge on any atom is 0.216 e. The topological polar surface area (TPSA) is 21.6 Å². The molecule has 0 N–H and O–H groups in total. The molecule has 1 heterocycles. The Hall–Kier alpha value is -1.28. The minimum atomic E-state index is 0.388. The SMILES string of the molecule is Clc1ccc(C2=N[C@@H]3CC=CC[C@@H]3CO2)cc1. The maximum absolute atomic E-state index is 5.87. The highest BCUT2D eigenvalue weighted by Gasteiger charge is 2.28. The molecule has 0 saturated heterocycles. The number of fused-ring (bicyclic) bond motifs is 1. The van der Waals surface area contributed by atoms with Gasteiger partial charge in [-0.3, -0.25) is 0 Å². The molecule has 0 spiro atoms. The summed E-state index contributed by atoms with van der Waals surface area (Å²) in [6.07, 6.45) is 6.57. The first-order chi connectivity index (χ1) is 8.33. The third kappa shape index (κ3) is 2.22. The highest BCUT2D eigenvalue weighted by atomic mass is 35.5. The van der Waals surface area contributed by atoms with E-state index in [-0.39, 0.29) is 0 Å². The summed E-state index contributed by atoms with van der Waals surface area (Å²) in [4.78, 5) is 4.70. The standard InChI is InChI=1S/C14H14ClNO/c15-12-7-5-10(6-8-12)14-16-13-4-2-1-3-11(13)9-17-14/h1-2,5-8,11,13H,3-4,9H2/t11-,13-/m1/s1. The summed E-state index contributed by atoms with van der Waals surface area (Å²) < 4.78 is 5.75. The number of allylic oxidation sites excluding steroid dienone is 1. The first-order valence-electron chi connectivity index (χ1n) is 5.94. The smallest absolute Gasteiger partial charge is 0.216 e. The van der Waals surface area contributed by atoms with Crippen LogP contribution < -0.4 is 0 Å². The first kappa shape index (κ1) is 10.8. The summed E-state index contributed by atoms with van der Waals surface area (Å²) in [6, 6.07) is 8.05. The van der Waals surface area contributed by atoms with Crippen molar-refractivity contribution in [1.82, 2.24) is 0 Å². The van der Waals surface area contributed by atoms with Crippen LogP contribution in [0.2, 0.25) is 5.02 Å². The lowest BCUT2D eigenvalue weighted by Gasteiger charge is -2.30. The van der Waals surface area contributed by atoms with Crippen molar-refractivity contribution < 1.29 is 4.74 Å². The molecule has 0 amide bonds. The minimum absolute atomic E-state index is 0.388. The van der Waals surface area contributed by atoms with Crippen molar-refractivity contribution in [2.45, 2.75) is 18.9 Å². The highest BCUT2D eigenvalue weighted by molar-refractivity contribution is 6.30. The van der Waals surface area contributed by atoms with E-state index in [1.54, 1.807) is 0 Å². The second-order valence-corrected chi connectivity index (χ2v) is 4.96. The average Bonchev–Trinajstić information content (AvgIpc) is 2.39. The van der Waals surface area contributed by atoms with Crippen LogP contribution in [0.1, 0.15) is 18.4 Å². The summed E-state index contributed by atoms with van der Waals surface area (Å²) in [5, 5.41) is 0.739. The fourth-order valence-corrected chi connectivity index (χ4v) is 2.44. The van der Waals surface area contributed by atoms with Gasteiger partial charge < -0.3 is 4.74 Å². The van der Waals surface area contributed by atoms with Crippen molar-refractivity contribution in [3.05, 3.63) is 47.0 Å². The van der Waals surface area contributed by atoms with Crippen molar-refractivity contribution in [1.29, 1.82) is 0 Å². The molecule has 1 aromatic rings. The molecule has 0 fully saturated rings. The highest BCUT2D eigenvalue weighted by Crippen LogP contribution is 2.27. The van der Waals surface area contributed by atoms with Crippen LogP contribution in [0, 0.1) is 5.92 Å². The second kappa shape index (κ2) is 4.53. The zero-order valence-electron chi connectivity index (χ0n) is 9.47. The molecule has 2 atom stereocenters. The van der Waals surface area contributed by atoms with Gasteiger partial charge >= 0.3 is 0 Å². The van der Waals surface area contributed by atoms with E-state index in [1.807, 2.05) is 24.3 Å². The van der Waals surface area contributed by atoms with Crippen LogP contribution in [0.4, 0.5) is 0 Å². The van der Waals surface area contributed by atoms with E-state index in [4.69, 9.17) is 21.3 Å². The van der Waals surface area contributed by atoms with Gasteiger partial charge in [0.05, 0.1) is 12.6 Å². The Balaban J connectivity index is 1.86. The zero-order chi connectivity index (χ0) is 11.7. The third-order valence-corrected chi connectivity index (χ3v) is 3.59. The summed E-state index contributed by atoms with van der Waals surface area (Å²) in [6.45, 7) is 0.774. The maximum atomic E-state index is 5.87. The van der Waals surface area contributed by atoms with Gasteiger partial charge in [0.25, 0.3) is 0 Å². The van der Waals surface area contributed by atoms with Gasteiger partial charge in [0, 0.05) is 16.5 Å². The van der Waals surface area contributed by atoms with Crippen molar-refractivity contribution in [3.8, 4) is 0 Å². The first-order valence-corrected chi connectivity index (χ1v) is 6.32. The third-order valence-electron chi connectivity index (χ3n) is 3.34. The van der Waals surface area contributed by atoms with Gasteiger partial charge in [0.2, 0.25) is 5.90 Å². The molecule has 0 aromatic heterocycles. The van der Waals surface area contributed by atoms with E-state index in [9.17, 15) is 0 Å². The Morgan fingerprint density at radius 1 is 1.12 bits per heavy atom. The van der Waals surface area contributed by atoms with E-state index in [0.717, 1.165) is 35.9 Å². The molecule has 0 radical (unpaired) electrons. The molecule has 3 heteroatoms. The lowest BCUT2D eigenvalue weighted by molar-refractivity contribution is 0.186. The molecule has 0 bridgehead atoms. The zero-order valence-corrected chi connectivity index (χ0v) is 10.2. The summed E-state index contributed by atoms with van der Waals surface area (Å²) >= 11 is 5.87. The number of benzene rings is 1. The van der Waals surface area contributed by atoms with Crippen LogP contribution in [-0.4, -0.2) is 18.5 Å². The number of rotatable bonds is 1. The van der Waals surface area contributed by atoms with Gasteiger partial charge in [-0.2, -0.15) is 0 Å². The van der Waals surface area contributed by atoms with E-state index < -0.39 is 0 Å². The quantitative estimate of drug-likeness (QED) is 0.697. The molecule has 17 heavy (non-hydrogen) atoms. The van der Waals surface area contributed by atoms with E-state index >= 15 is 0 Å². The van der Waals surface area contributed by atoms with Crippen LogP contribution in [0.5, 0.6) is 0 Å². The molecular formula is C14H14ClNO. The van der Waals surface area contributed by atoms with Gasteiger partial charge in [-0.05, 0) is 37.1 Å². The monoisotopic (exact) mass is 247 g/mol. The van der Waals surface area contributed by atoms with Crippen LogP contribution in [0.3, 0.4) is 0 Å². The number of ether oxygens (including phenoxy) is 1. The fourth-order valence-electron chi connectivity index (χ4n) is 2.32. The van der Waals surface area contributed by atoms with E-state index in [2.05, 4.69) is 12.2 Å². The van der Waals surface area contributed by atoms with Gasteiger partial charge in [-0.15, -0.1) is 0 Å². The molecule has 1 aromatic carbocycles. The summed E-state index contributed by atoms with van der Waals surface area (Å²) in [5.74, 6) is 1.31. The minimum Gasteiger partial charge on any atom is -0.477 e. The Morgan fingerprint density at radius 2 is 1.88 bits per heavy atom. The number of hydrogen-bond donors (Lipinski definition) is 0. The molecule has 0 saturated carbocycles. The molecule has 1 aliphatic carbocycles. The lowest BCUT2D eigenvalue weighted by Crippen LogP contribution is -2.32. The van der Waals surface area contributed by atoms with Crippen molar-refractivity contribution in [2.24, 2.45) is 10.9 Å². The second-order valence-electron chi connectivity index (χ2n) is 4.52. The molecule has 0 unspecified atom stereocenters. The summed E-state index contributed by atoms with van der Waals surface area (Å²) in [7, 11) is 0. The largest absolute Gasteiger partial charge is 0.477 e. The number of nitrogens with zero attached hydrogens (tertiary/aromatic N) is 1. The van der Waals surface area contributed by atoms with Gasteiger partial charge in [0.15, 0.2) is 0 Å². The predicted octanol–water partition coefficient (Wildman–Crippen LogP) is 3.45. The number of aliphatic imine (C=N–C) groups is 1. The summed E-state index contributed by atoms with van der Waals surface area (Å²) in [5.41, 5.74) is 1.02. The van der Waals surface area contributed by atoms with Gasteiger partial charge in [-0.25, -0.2) is 4.99 Å². The average molecular weight is 248 g/mol. The molecular weight excluding hydrogens is 234 g/mol. The number of halogens is 1. The Kier molecular flexibility index (Phi) is 2.89. The van der Waals surface area contributed by atoms with Crippen molar-refractivity contribution in [2.75, 3.05) is 6.61 Å². The molecule has 2 aliphatic rings. The van der Waals surface area contributed by atoms with Crippen LogP contribution in [-0.2, 0) is 4.74 Å². The molecule has 88 valence electrons. The van der Waals surface area contributed by atoms with Crippen LogP contribution in [0.25, 0.3) is 0 Å². The molecule has 1 aliphatic heterocycles. The molecule has 2 nitrogen and oxygen atoms in total. The van der Waals surface area contributed by atoms with Crippen molar-refractivity contribution in [3.63, 3.8) is 0 Å². The van der Waals surface area contributed by atoms with Crippen molar-refractivity contribution >= 4 is 17.5 Å². The van der Waals surface area contributed by atoms with Gasteiger partial charge in [-0.1, -0.05) is 23.8 Å². The number of hydrogen-bond acceptors (Lipinski definition) is 2. The van der Waals surface area contributed by atoms with Crippen LogP contribution in [0.15, 0.2) is 41.4 Å². The Labute approximate surface area is 106 Å². The Bertz CT molecular complexity index is 464. The normalized spacial score (nSPS) is 27.0.